The third kappa shape index (κ3) is 3.41. The van der Waals surface area contributed by atoms with Crippen LogP contribution < -0.4 is 15.7 Å². The fourth-order valence-electron chi connectivity index (χ4n) is 2.89. The monoisotopic (exact) mass is 390 g/mol. The van der Waals surface area contributed by atoms with Crippen LogP contribution in [-0.2, 0) is 0 Å². The number of rotatable bonds is 5. The van der Waals surface area contributed by atoms with Crippen molar-refractivity contribution in [2.75, 3.05) is 10.2 Å². The molecule has 1 aliphatic rings. The number of hydrogen-bond acceptors (Lipinski definition) is 8. The first kappa shape index (κ1) is 17.9. The molecule has 0 fully saturated rings. The quantitative estimate of drug-likeness (QED) is 0.522. The Morgan fingerprint density at radius 3 is 2.00 bits per heavy atom. The van der Waals surface area contributed by atoms with Crippen LogP contribution in [0.4, 0.5) is 22.7 Å². The normalized spacial score (nSPS) is 13.0. The van der Waals surface area contributed by atoms with E-state index >= 15 is 0 Å². The Morgan fingerprint density at radius 1 is 0.793 bits per heavy atom. The largest absolute Gasteiger partial charge is 0.287 e. The lowest BCUT2D eigenvalue weighted by Gasteiger charge is -2.27. The minimum Gasteiger partial charge on any atom is -0.259 e. The summed E-state index contributed by atoms with van der Waals surface area (Å²) in [5.41, 5.74) is 3.89. The molecule has 0 saturated carbocycles. The number of hydrazine groups is 2. The van der Waals surface area contributed by atoms with Crippen molar-refractivity contribution < 1.29 is 9.85 Å². The van der Waals surface area contributed by atoms with Crippen LogP contribution in [0, 0.1) is 20.2 Å². The third-order valence-corrected chi connectivity index (χ3v) is 4.23. The van der Waals surface area contributed by atoms with E-state index in [2.05, 4.69) is 10.5 Å². The lowest BCUT2D eigenvalue weighted by atomic mass is 10.1. The minimum atomic E-state index is -0.673. The maximum absolute atomic E-state index is 11.5. The number of nitrogens with one attached hydrogen (secondary N) is 1. The van der Waals surface area contributed by atoms with Crippen LogP contribution in [0.15, 0.2) is 84.0 Å². The lowest BCUT2D eigenvalue weighted by Crippen LogP contribution is -2.44. The molecule has 3 aromatic rings. The van der Waals surface area contributed by atoms with Crippen molar-refractivity contribution in [1.82, 2.24) is 5.43 Å². The molecule has 0 bridgehead atoms. The van der Waals surface area contributed by atoms with Crippen molar-refractivity contribution in [3.8, 4) is 0 Å². The van der Waals surface area contributed by atoms with Gasteiger partial charge in [-0.05, 0) is 30.3 Å². The van der Waals surface area contributed by atoms with Crippen molar-refractivity contribution in [3.63, 3.8) is 0 Å². The van der Waals surface area contributed by atoms with Crippen LogP contribution in [0.1, 0.15) is 5.56 Å². The SMILES string of the molecule is O=[N+]([O-])c1ccc(C2=NN(c3ccccc3)N(c3ccccc3)N2)c([N+](=O)[O-])c1. The fraction of sp³-hybridized carbons (Fsp3) is 0. The Hall–Kier alpha value is -4.47. The van der Waals surface area contributed by atoms with Crippen molar-refractivity contribution in [3.05, 3.63) is 105 Å². The second-order valence-corrected chi connectivity index (χ2v) is 6.05. The summed E-state index contributed by atoms with van der Waals surface area (Å²) in [6.07, 6.45) is 0. The van der Waals surface area contributed by atoms with Gasteiger partial charge in [-0.1, -0.05) is 36.4 Å². The predicted molar refractivity (Wildman–Crippen MR) is 107 cm³/mol. The van der Waals surface area contributed by atoms with Crippen molar-refractivity contribution in [1.29, 1.82) is 0 Å². The summed E-state index contributed by atoms with van der Waals surface area (Å²) in [5, 5.41) is 30.2. The van der Waals surface area contributed by atoms with Gasteiger partial charge in [-0.15, -0.1) is 5.10 Å². The smallest absolute Gasteiger partial charge is 0.259 e. The van der Waals surface area contributed by atoms with E-state index in [1.807, 2.05) is 60.7 Å². The Kier molecular flexibility index (Phi) is 4.49. The van der Waals surface area contributed by atoms with Gasteiger partial charge in [-0.2, -0.15) is 10.2 Å². The first-order valence-corrected chi connectivity index (χ1v) is 8.53. The van der Waals surface area contributed by atoms with E-state index in [1.165, 1.54) is 12.1 Å². The number of para-hydroxylation sites is 2. The van der Waals surface area contributed by atoms with Gasteiger partial charge >= 0.3 is 0 Å². The van der Waals surface area contributed by atoms with Gasteiger partial charge in [0.05, 0.1) is 32.9 Å². The van der Waals surface area contributed by atoms with Crippen LogP contribution in [0.5, 0.6) is 0 Å². The van der Waals surface area contributed by atoms with E-state index in [-0.39, 0.29) is 17.1 Å². The van der Waals surface area contributed by atoms with Crippen molar-refractivity contribution in [2.45, 2.75) is 0 Å². The van der Waals surface area contributed by atoms with Gasteiger partial charge in [-0.3, -0.25) is 25.7 Å². The summed E-state index contributed by atoms with van der Waals surface area (Å²) in [6, 6.07) is 22.0. The van der Waals surface area contributed by atoms with E-state index < -0.39 is 15.5 Å². The molecule has 10 heteroatoms. The number of hydrazone groups is 1. The number of nitrogens with zero attached hydrogens (tertiary/aromatic N) is 5. The summed E-state index contributed by atoms with van der Waals surface area (Å²) in [7, 11) is 0. The number of nitro groups is 2. The highest BCUT2D eigenvalue weighted by molar-refractivity contribution is 6.05. The van der Waals surface area contributed by atoms with Crippen LogP contribution in [0.2, 0.25) is 0 Å². The van der Waals surface area contributed by atoms with E-state index in [9.17, 15) is 20.2 Å². The molecule has 144 valence electrons. The van der Waals surface area contributed by atoms with E-state index in [1.54, 1.807) is 10.2 Å². The molecule has 1 aliphatic heterocycles. The number of nitro benzene ring substituents is 2. The Labute approximate surface area is 164 Å². The molecule has 10 nitrogen and oxygen atoms in total. The molecule has 3 aromatic carbocycles. The molecule has 0 unspecified atom stereocenters. The van der Waals surface area contributed by atoms with Crippen LogP contribution in [0.25, 0.3) is 0 Å². The van der Waals surface area contributed by atoms with Gasteiger partial charge in [0, 0.05) is 6.07 Å². The third-order valence-electron chi connectivity index (χ3n) is 4.23. The van der Waals surface area contributed by atoms with Crippen molar-refractivity contribution in [2.24, 2.45) is 5.10 Å². The van der Waals surface area contributed by atoms with Crippen LogP contribution in [-0.4, -0.2) is 15.7 Å². The van der Waals surface area contributed by atoms with Crippen LogP contribution >= 0.6 is 0 Å². The molecular formula is C19H14N6O4. The summed E-state index contributed by atoms with van der Waals surface area (Å²) in [6.45, 7) is 0. The molecule has 29 heavy (non-hydrogen) atoms. The summed E-state index contributed by atoms with van der Waals surface area (Å²) in [5.74, 6) is 0.194. The highest BCUT2D eigenvalue weighted by Gasteiger charge is 2.31. The first-order valence-electron chi connectivity index (χ1n) is 8.53. The van der Waals surface area contributed by atoms with Gasteiger partial charge in [0.2, 0.25) is 0 Å². The van der Waals surface area contributed by atoms with Gasteiger partial charge in [0.25, 0.3) is 11.4 Å². The van der Waals surface area contributed by atoms with E-state index in [0.717, 1.165) is 17.4 Å². The van der Waals surface area contributed by atoms with Gasteiger partial charge in [0.15, 0.2) is 5.84 Å². The number of anilines is 2. The molecule has 0 aliphatic carbocycles. The maximum Gasteiger partial charge on any atom is 0.287 e. The number of non-ortho nitro benzene ring substituents is 1. The average molecular weight is 390 g/mol. The zero-order chi connectivity index (χ0) is 20.4. The zero-order valence-electron chi connectivity index (χ0n) is 14.9. The number of hydrogen-bond donors (Lipinski definition) is 1. The fourth-order valence-corrected chi connectivity index (χ4v) is 2.89. The maximum atomic E-state index is 11.5. The molecule has 0 atom stereocenters. The van der Waals surface area contributed by atoms with Gasteiger partial charge in [-0.25, -0.2) is 0 Å². The predicted octanol–water partition coefficient (Wildman–Crippen LogP) is 3.61. The Morgan fingerprint density at radius 2 is 1.41 bits per heavy atom. The average Bonchev–Trinajstić information content (AvgIpc) is 3.20. The summed E-state index contributed by atoms with van der Waals surface area (Å²) < 4.78 is 0. The molecule has 4 rings (SSSR count). The number of amidine groups is 1. The molecular weight excluding hydrogens is 376 g/mol. The summed E-state index contributed by atoms with van der Waals surface area (Å²) in [4.78, 5) is 21.2. The van der Waals surface area contributed by atoms with Crippen LogP contribution in [0.3, 0.4) is 0 Å². The topological polar surface area (TPSA) is 117 Å². The summed E-state index contributed by atoms with van der Waals surface area (Å²) >= 11 is 0. The Balaban J connectivity index is 1.81. The van der Waals surface area contributed by atoms with Gasteiger partial charge in [0.1, 0.15) is 0 Å². The molecule has 1 N–H and O–H groups in total. The minimum absolute atomic E-state index is 0.139. The highest BCUT2D eigenvalue weighted by atomic mass is 16.6. The van der Waals surface area contributed by atoms with E-state index in [4.69, 9.17) is 0 Å². The van der Waals surface area contributed by atoms with E-state index in [0.29, 0.717) is 0 Å². The second-order valence-electron chi connectivity index (χ2n) is 6.05. The van der Waals surface area contributed by atoms with Crippen molar-refractivity contribution >= 4 is 28.6 Å². The number of benzene rings is 3. The molecule has 0 aromatic heterocycles. The molecule has 0 saturated heterocycles. The molecule has 1 heterocycles. The molecule has 0 radical (unpaired) electrons. The zero-order valence-corrected chi connectivity index (χ0v) is 14.9. The molecule has 0 spiro atoms. The molecule has 0 amide bonds. The second kappa shape index (κ2) is 7.27. The highest BCUT2D eigenvalue weighted by Crippen LogP contribution is 2.29. The first-order chi connectivity index (χ1) is 14.0. The standard InChI is InChI=1S/C19H14N6O4/c26-24(27)16-11-12-17(18(13-16)25(28)29)19-20-22(14-7-3-1-4-8-14)23(21-19)15-9-5-2-6-10-15/h1-13H,(H,20,21). The van der Waals surface area contributed by atoms with Gasteiger partial charge < -0.3 is 0 Å². The Bertz CT molecular complexity index is 1100. The lowest BCUT2D eigenvalue weighted by molar-refractivity contribution is -0.394.